The average molecular weight is 243 g/mol. The molecule has 0 saturated carbocycles. The van der Waals surface area contributed by atoms with Crippen LogP contribution in [0.5, 0.6) is 0 Å². The second kappa shape index (κ2) is 5.00. The summed E-state index contributed by atoms with van der Waals surface area (Å²) in [5.41, 5.74) is 0. The van der Waals surface area contributed by atoms with Gasteiger partial charge in [0.2, 0.25) is 0 Å². The van der Waals surface area contributed by atoms with Crippen LogP contribution < -0.4 is 0 Å². The Labute approximate surface area is 93.1 Å². The van der Waals surface area contributed by atoms with Gasteiger partial charge < -0.3 is 0 Å². The number of rotatable bonds is 5. The fraction of sp³-hybridized carbons (Fsp3) is 1.00. The Morgan fingerprint density at radius 1 is 1.23 bits per heavy atom. The molecule has 0 heterocycles. The second-order valence-electron chi connectivity index (χ2n) is 2.01. The predicted octanol–water partition coefficient (Wildman–Crippen LogP) is -1.59. The van der Waals surface area contributed by atoms with E-state index < -0.39 is 20.7 Å². The maximum absolute atomic E-state index is 10.4. The molecule has 0 unspecified atom stereocenters. The molecule has 8 nitrogen and oxygen atoms in total. The Balaban J connectivity index is 4.66. The van der Waals surface area contributed by atoms with E-state index >= 15 is 0 Å². The average Bonchev–Trinajstić information content (AvgIpc) is 1.81. The summed E-state index contributed by atoms with van der Waals surface area (Å²) in [5.74, 6) is 0. The van der Waals surface area contributed by atoms with Gasteiger partial charge in [0.05, 0.1) is 0 Å². The molecule has 13 heavy (non-hydrogen) atoms. The van der Waals surface area contributed by atoms with Crippen LogP contribution in [-0.4, -0.2) is 64.9 Å². The number of nitrogens with zero attached hydrogens (tertiary/aromatic N) is 1. The molecule has 0 radical (unpaired) electrons. The molecule has 2 N–H and O–H groups in total. The van der Waals surface area contributed by atoms with Crippen molar-refractivity contribution >= 4 is 48.6 Å². The van der Waals surface area contributed by atoms with Crippen molar-refractivity contribution in [1.82, 2.24) is 4.47 Å². The monoisotopic (exact) mass is 243 g/mol. The van der Waals surface area contributed by atoms with E-state index in [9.17, 15) is 16.8 Å². The van der Waals surface area contributed by atoms with Crippen LogP contribution in [0.1, 0.15) is 0 Å². The summed E-state index contributed by atoms with van der Waals surface area (Å²) in [5, 5.41) is 0. The van der Waals surface area contributed by atoms with Gasteiger partial charge >= 0.3 is 93.5 Å². The van der Waals surface area contributed by atoms with Crippen LogP contribution in [0.2, 0.25) is 3.67 Å². The first-order valence-corrected chi connectivity index (χ1v) is 7.26. The van der Waals surface area contributed by atoms with Gasteiger partial charge in [-0.1, -0.05) is 0 Å². The van der Waals surface area contributed by atoms with E-state index in [0.29, 0.717) is 31.6 Å². The van der Waals surface area contributed by atoms with Gasteiger partial charge in [0.1, 0.15) is 0 Å². The van der Waals surface area contributed by atoms with Crippen molar-refractivity contribution in [2.24, 2.45) is 0 Å². The zero-order valence-corrected chi connectivity index (χ0v) is 10.2. The topological polar surface area (TPSA) is 121 Å². The minimum atomic E-state index is -4.93. The Hall–Kier alpha value is 0.740. The standard InChI is InChI=1S/C2H6NO7S2.Na/c1-2-3(11(4,5)6)10-12(7,8)9;/h1-2H2,(H,4,5,6)(H,7,8,9);. The summed E-state index contributed by atoms with van der Waals surface area (Å²) in [7, 11) is -9.69. The van der Waals surface area contributed by atoms with Gasteiger partial charge in [-0.15, -0.1) is 0 Å². The minimum absolute atomic E-state index is 0.199. The fourth-order valence-electron chi connectivity index (χ4n) is 0.479. The van der Waals surface area contributed by atoms with Gasteiger partial charge in [-0.2, -0.15) is 0 Å². The SMILES string of the molecule is O=S(=O)(O)ON(C[CH2][Na])S(=O)(=O)O. The first-order chi connectivity index (χ1) is 5.67. The van der Waals surface area contributed by atoms with Crippen molar-refractivity contribution in [3.05, 3.63) is 0 Å². The first-order valence-electron chi connectivity index (χ1n) is 3.09. The summed E-state index contributed by atoms with van der Waals surface area (Å²) < 4.78 is 61.2. The summed E-state index contributed by atoms with van der Waals surface area (Å²) in [6.07, 6.45) is 0. The van der Waals surface area contributed by atoms with Crippen molar-refractivity contribution in [2.45, 2.75) is 3.67 Å². The van der Waals surface area contributed by atoms with Crippen molar-refractivity contribution in [3.8, 4) is 0 Å². The van der Waals surface area contributed by atoms with Crippen LogP contribution in [0.25, 0.3) is 0 Å². The Morgan fingerprint density at radius 3 is 1.92 bits per heavy atom. The molecular formula is C2H6NNaO7S2. The summed E-state index contributed by atoms with van der Waals surface area (Å²) in [6.45, 7) is -0.329. The van der Waals surface area contributed by atoms with Crippen molar-refractivity contribution in [2.75, 3.05) is 6.54 Å². The van der Waals surface area contributed by atoms with Crippen molar-refractivity contribution in [1.29, 1.82) is 0 Å². The van der Waals surface area contributed by atoms with Crippen LogP contribution in [0.3, 0.4) is 0 Å². The van der Waals surface area contributed by atoms with Gasteiger partial charge in [-0.05, 0) is 0 Å². The quantitative estimate of drug-likeness (QED) is 0.339. The molecule has 0 bridgehead atoms. The predicted molar refractivity (Wildman–Crippen MR) is 41.4 cm³/mol. The Morgan fingerprint density at radius 2 is 1.69 bits per heavy atom. The molecule has 0 aliphatic heterocycles. The van der Waals surface area contributed by atoms with Gasteiger partial charge in [-0.25, -0.2) is 0 Å². The molecule has 0 atom stereocenters. The maximum atomic E-state index is 10.4. The van der Waals surface area contributed by atoms with E-state index in [2.05, 4.69) is 4.28 Å². The third-order valence-electron chi connectivity index (χ3n) is 0.841. The Bertz CT molecular complexity index is 345. The summed E-state index contributed by atoms with van der Waals surface area (Å²) in [6, 6.07) is 0. The third kappa shape index (κ3) is 6.76. The molecule has 0 aromatic rings. The number of hydroxylamine groups is 1. The van der Waals surface area contributed by atoms with E-state index in [1.54, 1.807) is 0 Å². The molecule has 0 spiro atoms. The Kier molecular flexibility index (Phi) is 5.28. The van der Waals surface area contributed by atoms with Crippen LogP contribution >= 0.6 is 0 Å². The van der Waals surface area contributed by atoms with Crippen molar-refractivity contribution < 1.29 is 30.2 Å². The van der Waals surface area contributed by atoms with Crippen LogP contribution in [0.15, 0.2) is 0 Å². The van der Waals surface area contributed by atoms with E-state index in [1.807, 2.05) is 0 Å². The number of hydrogen-bond acceptors (Lipinski definition) is 5. The molecule has 0 aliphatic rings. The molecule has 0 fully saturated rings. The zero-order valence-electron chi connectivity index (χ0n) is 6.61. The molecular weight excluding hydrogens is 237 g/mol. The van der Waals surface area contributed by atoms with Crippen LogP contribution in [-0.2, 0) is 25.0 Å². The summed E-state index contributed by atoms with van der Waals surface area (Å²) >= 11 is 0.588. The fourth-order valence-corrected chi connectivity index (χ4v) is 2.45. The van der Waals surface area contributed by atoms with E-state index in [1.165, 1.54) is 0 Å². The van der Waals surface area contributed by atoms with E-state index in [-0.39, 0.29) is 11.0 Å². The molecule has 11 heteroatoms. The second-order valence-corrected chi connectivity index (χ2v) is 5.31. The molecule has 74 valence electrons. The van der Waals surface area contributed by atoms with Gasteiger partial charge in [-0.3, -0.25) is 0 Å². The number of hydrogen-bond donors (Lipinski definition) is 2. The molecule has 0 rings (SSSR count). The molecule has 0 amide bonds. The van der Waals surface area contributed by atoms with Gasteiger partial charge in [0.25, 0.3) is 0 Å². The molecule has 0 aromatic carbocycles. The van der Waals surface area contributed by atoms with Crippen LogP contribution in [0, 0.1) is 0 Å². The zero-order chi connectivity index (χ0) is 10.7. The molecule has 0 aliphatic carbocycles. The van der Waals surface area contributed by atoms with Gasteiger partial charge in [0.15, 0.2) is 0 Å². The molecule has 0 aromatic heterocycles. The normalized spacial score (nSPS) is 13.6. The first kappa shape index (κ1) is 13.7. The van der Waals surface area contributed by atoms with Crippen molar-refractivity contribution in [3.63, 3.8) is 0 Å². The third-order valence-corrected chi connectivity index (χ3v) is 2.52. The van der Waals surface area contributed by atoms with E-state index in [0.717, 1.165) is 0 Å². The molecule has 0 saturated heterocycles. The summed E-state index contributed by atoms with van der Waals surface area (Å²) in [4.78, 5) is 0. The van der Waals surface area contributed by atoms with E-state index in [4.69, 9.17) is 9.11 Å². The van der Waals surface area contributed by atoms with Crippen LogP contribution in [0.4, 0.5) is 0 Å². The van der Waals surface area contributed by atoms with Gasteiger partial charge in [0, 0.05) is 0 Å².